The molecule has 1 saturated heterocycles. The van der Waals surface area contributed by atoms with E-state index in [1.165, 1.54) is 16.7 Å². The van der Waals surface area contributed by atoms with Crippen molar-refractivity contribution in [2.24, 2.45) is 0 Å². The Kier molecular flexibility index (Phi) is 5.87. The second-order valence-electron chi connectivity index (χ2n) is 8.92. The second-order valence-corrected chi connectivity index (χ2v) is 8.92. The van der Waals surface area contributed by atoms with Crippen LogP contribution in [0.15, 0.2) is 72.9 Å². The van der Waals surface area contributed by atoms with Gasteiger partial charge in [-0.05, 0) is 41.0 Å². The van der Waals surface area contributed by atoms with Crippen LogP contribution in [0.3, 0.4) is 0 Å². The number of likely N-dealkylation sites (N-methyl/N-ethyl adjacent to an activating group) is 1. The van der Waals surface area contributed by atoms with Gasteiger partial charge in [0.05, 0.1) is 31.5 Å². The Balaban J connectivity index is 1.38. The Hall–Kier alpha value is -3.22. The molecule has 6 heteroatoms. The third-order valence-corrected chi connectivity index (χ3v) is 6.82. The van der Waals surface area contributed by atoms with Gasteiger partial charge in [0, 0.05) is 32.8 Å². The van der Waals surface area contributed by atoms with Crippen LogP contribution in [-0.4, -0.2) is 47.6 Å². The average Bonchev–Trinajstić information content (AvgIpc) is 3.42. The summed E-state index contributed by atoms with van der Waals surface area (Å²) >= 11 is 0. The largest absolute Gasteiger partial charge is 0.497 e. The van der Waals surface area contributed by atoms with Crippen molar-refractivity contribution in [2.45, 2.75) is 37.7 Å². The Bertz CT molecular complexity index is 1140. The van der Waals surface area contributed by atoms with E-state index in [0.717, 1.165) is 24.5 Å². The summed E-state index contributed by atoms with van der Waals surface area (Å²) in [7, 11) is 3.51. The van der Waals surface area contributed by atoms with Crippen LogP contribution in [0.2, 0.25) is 0 Å². The molecular formula is C27H29N3O3. The molecule has 2 atom stereocenters. The van der Waals surface area contributed by atoms with E-state index >= 15 is 0 Å². The third-order valence-electron chi connectivity index (χ3n) is 6.82. The zero-order valence-electron chi connectivity index (χ0n) is 19.1. The first-order valence-electron chi connectivity index (χ1n) is 11.3. The Labute approximate surface area is 194 Å². The number of nitrogens with zero attached hydrogens (tertiary/aromatic N) is 3. The van der Waals surface area contributed by atoms with Crippen molar-refractivity contribution in [1.82, 2.24) is 14.8 Å². The zero-order chi connectivity index (χ0) is 22.8. The van der Waals surface area contributed by atoms with Gasteiger partial charge in [0.2, 0.25) is 0 Å². The van der Waals surface area contributed by atoms with E-state index in [0.29, 0.717) is 19.6 Å². The van der Waals surface area contributed by atoms with Crippen molar-refractivity contribution in [3.05, 3.63) is 95.3 Å². The molecule has 3 aromatic rings. The lowest BCUT2D eigenvalue weighted by Gasteiger charge is -2.35. The van der Waals surface area contributed by atoms with E-state index in [1.54, 1.807) is 18.2 Å². The SMILES string of the molecule is COc1cccc(CN2Cc3ccccc3C23COC(C(=O)N(C)Cc2ccccn2)C3)c1. The number of aromatic nitrogens is 1. The molecule has 0 bridgehead atoms. The lowest BCUT2D eigenvalue weighted by Crippen LogP contribution is -2.42. The van der Waals surface area contributed by atoms with Crippen molar-refractivity contribution in [1.29, 1.82) is 0 Å². The molecule has 1 fully saturated rings. The van der Waals surface area contributed by atoms with Gasteiger partial charge in [-0.1, -0.05) is 42.5 Å². The molecule has 6 nitrogen and oxygen atoms in total. The number of carbonyl (C=O) groups excluding carboxylic acids is 1. The molecule has 5 rings (SSSR count). The number of ether oxygens (including phenoxy) is 2. The predicted molar refractivity (Wildman–Crippen MR) is 125 cm³/mol. The molecule has 0 saturated carbocycles. The molecular weight excluding hydrogens is 414 g/mol. The lowest BCUT2D eigenvalue weighted by molar-refractivity contribution is -0.140. The Morgan fingerprint density at radius 1 is 1.18 bits per heavy atom. The van der Waals surface area contributed by atoms with Gasteiger partial charge >= 0.3 is 0 Å². The van der Waals surface area contributed by atoms with Crippen molar-refractivity contribution in [3.8, 4) is 5.75 Å². The summed E-state index contributed by atoms with van der Waals surface area (Å²) in [6.45, 7) is 2.57. The number of benzene rings is 2. The third kappa shape index (κ3) is 4.12. The van der Waals surface area contributed by atoms with Gasteiger partial charge in [-0.3, -0.25) is 14.7 Å². The van der Waals surface area contributed by atoms with E-state index in [4.69, 9.17) is 9.47 Å². The average molecular weight is 444 g/mol. The minimum atomic E-state index is -0.474. The summed E-state index contributed by atoms with van der Waals surface area (Å²) in [6, 6.07) is 22.5. The molecule has 2 aliphatic heterocycles. The predicted octanol–water partition coefficient (Wildman–Crippen LogP) is 3.75. The molecule has 0 aliphatic carbocycles. The van der Waals surface area contributed by atoms with E-state index in [2.05, 4.69) is 46.3 Å². The summed E-state index contributed by atoms with van der Waals surface area (Å²) in [5.41, 5.74) is 4.32. The maximum atomic E-state index is 13.3. The summed E-state index contributed by atoms with van der Waals surface area (Å²) < 4.78 is 11.6. The first kappa shape index (κ1) is 21.6. The lowest BCUT2D eigenvalue weighted by atomic mass is 9.86. The number of fused-ring (bicyclic) bond motifs is 2. The molecule has 0 N–H and O–H groups in total. The fraction of sp³-hybridized carbons (Fsp3) is 0.333. The van der Waals surface area contributed by atoms with E-state index in [9.17, 15) is 4.79 Å². The number of methoxy groups -OCH3 is 1. The van der Waals surface area contributed by atoms with Gasteiger partial charge in [0.1, 0.15) is 11.9 Å². The smallest absolute Gasteiger partial charge is 0.251 e. The number of pyridine rings is 1. The molecule has 3 heterocycles. The highest BCUT2D eigenvalue weighted by Crippen LogP contribution is 2.47. The first-order chi connectivity index (χ1) is 16.1. The summed E-state index contributed by atoms with van der Waals surface area (Å²) in [4.78, 5) is 21.8. The van der Waals surface area contributed by atoms with Gasteiger partial charge in [0.25, 0.3) is 5.91 Å². The zero-order valence-corrected chi connectivity index (χ0v) is 19.1. The first-order valence-corrected chi connectivity index (χ1v) is 11.3. The van der Waals surface area contributed by atoms with Crippen LogP contribution in [0.1, 0.15) is 28.8 Å². The number of hydrogen-bond acceptors (Lipinski definition) is 5. The topological polar surface area (TPSA) is 54.9 Å². The fourth-order valence-corrected chi connectivity index (χ4v) is 5.13. The molecule has 2 unspecified atom stereocenters. The van der Waals surface area contributed by atoms with E-state index in [1.807, 2.05) is 37.4 Å². The molecule has 1 aromatic heterocycles. The van der Waals surface area contributed by atoms with Crippen LogP contribution in [0.25, 0.3) is 0 Å². The Morgan fingerprint density at radius 3 is 2.85 bits per heavy atom. The van der Waals surface area contributed by atoms with Crippen molar-refractivity contribution < 1.29 is 14.3 Å². The van der Waals surface area contributed by atoms with Crippen LogP contribution in [0, 0.1) is 0 Å². The summed E-state index contributed by atoms with van der Waals surface area (Å²) in [6.07, 6.45) is 1.91. The van der Waals surface area contributed by atoms with Gasteiger partial charge in [-0.2, -0.15) is 0 Å². The number of amides is 1. The minimum absolute atomic E-state index is 0.00300. The number of rotatable bonds is 6. The maximum absolute atomic E-state index is 13.3. The van der Waals surface area contributed by atoms with Crippen molar-refractivity contribution in [2.75, 3.05) is 20.8 Å². The van der Waals surface area contributed by atoms with E-state index in [-0.39, 0.29) is 11.4 Å². The summed E-state index contributed by atoms with van der Waals surface area (Å²) in [5, 5.41) is 0. The standard InChI is InChI=1S/C27H29N3O3/c1-29(18-22-10-5-6-13-28-22)26(31)25-15-27(19-33-25)24-12-4-3-9-21(24)17-30(27)16-20-8-7-11-23(14-20)32-2/h3-14,25H,15-19H2,1-2H3. The second kappa shape index (κ2) is 8.96. The molecule has 33 heavy (non-hydrogen) atoms. The highest BCUT2D eigenvalue weighted by molar-refractivity contribution is 5.81. The molecule has 2 aromatic carbocycles. The highest BCUT2D eigenvalue weighted by Gasteiger charge is 2.52. The van der Waals surface area contributed by atoms with Crippen LogP contribution >= 0.6 is 0 Å². The molecule has 1 spiro atoms. The monoisotopic (exact) mass is 443 g/mol. The molecule has 1 amide bonds. The number of carbonyl (C=O) groups is 1. The minimum Gasteiger partial charge on any atom is -0.497 e. The molecule has 170 valence electrons. The van der Waals surface area contributed by atoms with Gasteiger partial charge in [0.15, 0.2) is 0 Å². The van der Waals surface area contributed by atoms with Crippen LogP contribution < -0.4 is 4.74 Å². The van der Waals surface area contributed by atoms with E-state index < -0.39 is 6.10 Å². The highest BCUT2D eigenvalue weighted by atomic mass is 16.5. The van der Waals surface area contributed by atoms with Gasteiger partial charge in [-0.15, -0.1) is 0 Å². The van der Waals surface area contributed by atoms with Crippen LogP contribution in [-0.2, 0) is 34.7 Å². The van der Waals surface area contributed by atoms with Crippen molar-refractivity contribution >= 4 is 5.91 Å². The van der Waals surface area contributed by atoms with Crippen LogP contribution in [0.5, 0.6) is 5.75 Å². The Morgan fingerprint density at radius 2 is 2.03 bits per heavy atom. The van der Waals surface area contributed by atoms with Gasteiger partial charge < -0.3 is 14.4 Å². The summed E-state index contributed by atoms with van der Waals surface area (Å²) in [5.74, 6) is 0.855. The van der Waals surface area contributed by atoms with Gasteiger partial charge in [-0.25, -0.2) is 0 Å². The maximum Gasteiger partial charge on any atom is 0.251 e. The van der Waals surface area contributed by atoms with Crippen LogP contribution in [0.4, 0.5) is 0 Å². The normalized spacial score (nSPS) is 21.8. The number of hydrogen-bond donors (Lipinski definition) is 0. The fourth-order valence-electron chi connectivity index (χ4n) is 5.13. The molecule has 2 aliphatic rings. The quantitative estimate of drug-likeness (QED) is 0.581. The molecule has 0 radical (unpaired) electrons. The van der Waals surface area contributed by atoms with Crippen molar-refractivity contribution in [3.63, 3.8) is 0 Å².